The Morgan fingerprint density at radius 3 is 1.33 bits per heavy atom. The molecule has 0 fully saturated rings. The number of carboxylic acid groups (broad SMARTS) is 1. The van der Waals surface area contributed by atoms with E-state index in [1.165, 1.54) is 6.92 Å². The zero-order valence-electron chi connectivity index (χ0n) is 37.2. The fourth-order valence-electron chi connectivity index (χ4n) is 6.05. The summed E-state index contributed by atoms with van der Waals surface area (Å²) in [6.07, 6.45) is -1.35. The number of nitrogens with one attached hydrogen (secondary N) is 7. The predicted molar refractivity (Wildman–Crippen MR) is 223 cm³/mol. The Morgan fingerprint density at radius 2 is 0.900 bits per heavy atom. The first-order valence-electron chi connectivity index (χ1n) is 20.7. The van der Waals surface area contributed by atoms with Crippen LogP contribution in [0.15, 0.2) is 0 Å². The van der Waals surface area contributed by atoms with Crippen LogP contribution in [0, 0.1) is 29.6 Å². The molecule has 0 radical (unpaired) electrons. The molecule has 0 spiro atoms. The second-order valence-corrected chi connectivity index (χ2v) is 17.4. The molecule has 0 aromatic carbocycles. The third-order valence-corrected chi connectivity index (χ3v) is 9.13. The van der Waals surface area contributed by atoms with Gasteiger partial charge >= 0.3 is 5.97 Å². The van der Waals surface area contributed by atoms with E-state index in [1.54, 1.807) is 55.4 Å². The number of primary amides is 1. The molecule has 0 unspecified atom stereocenters. The van der Waals surface area contributed by atoms with Crippen LogP contribution < -0.4 is 48.7 Å². The van der Waals surface area contributed by atoms with Gasteiger partial charge in [0.1, 0.15) is 36.3 Å². The Kier molecular flexibility index (Phi) is 24.9. The number of carboxylic acids is 1. The minimum atomic E-state index is -1.54. The summed E-state index contributed by atoms with van der Waals surface area (Å²) in [5, 5.41) is 37.6. The number of aliphatic carboxylic acids is 1. The largest absolute Gasteiger partial charge is 0.480 e. The number of rotatable bonds is 28. The number of aliphatic hydroxyl groups excluding tert-OH is 1. The maximum Gasteiger partial charge on any atom is 0.326 e. The molecule has 0 saturated carbocycles. The highest BCUT2D eigenvalue weighted by Crippen LogP contribution is 2.13. The molecule has 0 aromatic heterocycles. The smallest absolute Gasteiger partial charge is 0.326 e. The summed E-state index contributed by atoms with van der Waals surface area (Å²) in [5.41, 5.74) is 11.2. The molecule has 0 aliphatic carbocycles. The third-order valence-electron chi connectivity index (χ3n) is 9.13. The summed E-state index contributed by atoms with van der Waals surface area (Å²) >= 11 is 0. The summed E-state index contributed by atoms with van der Waals surface area (Å²) in [4.78, 5) is 117. The number of hydrogen-bond donors (Lipinski definition) is 11. The van der Waals surface area contributed by atoms with Gasteiger partial charge in [0.15, 0.2) is 0 Å². The molecule has 8 amide bonds. The van der Waals surface area contributed by atoms with Crippen LogP contribution in [-0.2, 0) is 43.2 Å². The van der Waals surface area contributed by atoms with Gasteiger partial charge in [-0.1, -0.05) is 69.2 Å². The summed E-state index contributed by atoms with van der Waals surface area (Å²) in [7, 11) is 0. The van der Waals surface area contributed by atoms with Crippen LogP contribution >= 0.6 is 0 Å². The summed E-state index contributed by atoms with van der Waals surface area (Å²) < 4.78 is 0. The Morgan fingerprint density at radius 1 is 0.500 bits per heavy atom. The van der Waals surface area contributed by atoms with E-state index in [4.69, 9.17) is 11.5 Å². The van der Waals surface area contributed by atoms with Gasteiger partial charge in [-0.25, -0.2) is 4.79 Å². The molecule has 60 heavy (non-hydrogen) atoms. The van der Waals surface area contributed by atoms with Gasteiger partial charge in [0.2, 0.25) is 47.3 Å². The molecule has 0 aliphatic heterocycles. The Balaban J connectivity index is 6.21. The lowest BCUT2D eigenvalue weighted by Gasteiger charge is -2.29. The van der Waals surface area contributed by atoms with Gasteiger partial charge in [-0.15, -0.1) is 0 Å². The molecule has 20 heteroatoms. The molecule has 0 saturated heterocycles. The second-order valence-electron chi connectivity index (χ2n) is 17.4. The molecule has 0 rings (SSSR count). The minimum Gasteiger partial charge on any atom is -0.480 e. The first kappa shape index (κ1) is 55.2. The molecule has 0 bridgehead atoms. The van der Waals surface area contributed by atoms with Crippen molar-refractivity contribution in [3.8, 4) is 0 Å². The highest BCUT2D eigenvalue weighted by molar-refractivity contribution is 5.97. The van der Waals surface area contributed by atoms with E-state index in [0.717, 1.165) is 0 Å². The number of aliphatic hydroxyl groups is 1. The van der Waals surface area contributed by atoms with Crippen molar-refractivity contribution >= 4 is 53.2 Å². The fraction of sp³-hybridized carbons (Fsp3) is 0.775. The predicted octanol–water partition coefficient (Wildman–Crippen LogP) is -1.09. The Bertz CT molecular complexity index is 1470. The monoisotopic (exact) mass is 856 g/mol. The van der Waals surface area contributed by atoms with Crippen molar-refractivity contribution in [2.75, 3.05) is 6.54 Å². The fourth-order valence-corrected chi connectivity index (χ4v) is 6.05. The lowest BCUT2D eigenvalue weighted by molar-refractivity contribution is -0.143. The SMILES string of the molecule is CC(C)C[C@H](NC(=O)[C@H](CC(C)C)NC(=O)[C@H](CCC(N)=O)NC(=O)[C@@H](NC(=O)[C@H](CC(C)C)NC(=O)[C@@H](NC(=O)CNC(=O)[C@@H](N)CC(C)C)[C@@H](C)O)C(C)C)C(=O)O. The molecular weight excluding hydrogens is 782 g/mol. The van der Waals surface area contributed by atoms with Gasteiger partial charge in [0.25, 0.3) is 0 Å². The number of hydrogen-bond acceptors (Lipinski definition) is 11. The van der Waals surface area contributed by atoms with Gasteiger partial charge < -0.3 is 58.9 Å². The maximum absolute atomic E-state index is 13.8. The van der Waals surface area contributed by atoms with Crippen LogP contribution in [0.1, 0.15) is 115 Å². The van der Waals surface area contributed by atoms with E-state index >= 15 is 0 Å². The molecule has 0 aliphatic rings. The van der Waals surface area contributed by atoms with Crippen LogP contribution in [0.25, 0.3) is 0 Å². The average Bonchev–Trinajstić information content (AvgIpc) is 3.10. The summed E-state index contributed by atoms with van der Waals surface area (Å²) in [6.45, 7) is 18.4. The Labute approximate surface area is 354 Å². The zero-order valence-corrected chi connectivity index (χ0v) is 37.2. The van der Waals surface area contributed by atoms with Crippen LogP contribution in [-0.4, -0.2) is 118 Å². The normalized spacial score (nSPS) is 15.5. The van der Waals surface area contributed by atoms with Crippen LogP contribution in [0.5, 0.6) is 0 Å². The summed E-state index contributed by atoms with van der Waals surface area (Å²) in [5.74, 6) is -8.39. The van der Waals surface area contributed by atoms with Crippen LogP contribution in [0.3, 0.4) is 0 Å². The van der Waals surface area contributed by atoms with E-state index in [0.29, 0.717) is 6.42 Å². The van der Waals surface area contributed by atoms with Gasteiger partial charge in [0.05, 0.1) is 18.7 Å². The van der Waals surface area contributed by atoms with E-state index in [1.807, 2.05) is 13.8 Å². The zero-order chi connectivity index (χ0) is 46.6. The quantitative estimate of drug-likeness (QED) is 0.0448. The lowest BCUT2D eigenvalue weighted by atomic mass is 9.98. The van der Waals surface area contributed by atoms with E-state index in [-0.39, 0.29) is 55.8 Å². The lowest BCUT2D eigenvalue weighted by Crippen LogP contribution is -2.61. The molecule has 344 valence electrons. The second kappa shape index (κ2) is 27.1. The molecule has 20 nitrogen and oxygen atoms in total. The first-order valence-corrected chi connectivity index (χ1v) is 20.7. The van der Waals surface area contributed by atoms with Crippen molar-refractivity contribution in [1.29, 1.82) is 0 Å². The van der Waals surface area contributed by atoms with Gasteiger partial charge in [-0.3, -0.25) is 38.4 Å². The van der Waals surface area contributed by atoms with Crippen molar-refractivity contribution in [3.63, 3.8) is 0 Å². The number of carbonyl (C=O) groups excluding carboxylic acids is 8. The van der Waals surface area contributed by atoms with Crippen LogP contribution in [0.2, 0.25) is 0 Å². The van der Waals surface area contributed by atoms with Crippen molar-refractivity contribution in [2.24, 2.45) is 41.1 Å². The maximum atomic E-state index is 13.8. The van der Waals surface area contributed by atoms with Crippen molar-refractivity contribution in [3.05, 3.63) is 0 Å². The van der Waals surface area contributed by atoms with E-state index in [9.17, 15) is 53.4 Å². The standard InChI is InChI=1S/C40H73N9O11/c1-19(2)14-25(41)34(53)43-18-31(52)48-33(24(11)50)39(58)46-28(16-21(5)6)37(56)49-32(23(9)10)38(57)44-26(12-13-30(42)51)35(54)45-27(15-20(3)4)36(55)47-29(40(59)60)17-22(7)8/h19-29,32-33,50H,12-18,41H2,1-11H3,(H2,42,51)(H,43,53)(H,44,57)(H,45,54)(H,46,58)(H,47,55)(H,48,52)(H,49,56)(H,59,60)/t24-,25+,26+,27+,28+,29+,32+,33+/m1/s1. The number of nitrogens with two attached hydrogens (primary N) is 2. The van der Waals surface area contributed by atoms with Crippen molar-refractivity contribution < 1.29 is 53.4 Å². The molecule has 0 aromatic rings. The van der Waals surface area contributed by atoms with Crippen molar-refractivity contribution in [2.45, 2.75) is 163 Å². The highest BCUT2D eigenvalue weighted by atomic mass is 16.4. The van der Waals surface area contributed by atoms with Gasteiger partial charge in [-0.2, -0.15) is 0 Å². The van der Waals surface area contributed by atoms with Gasteiger partial charge in [-0.05, 0) is 68.6 Å². The number of amides is 8. The average molecular weight is 856 g/mol. The van der Waals surface area contributed by atoms with Gasteiger partial charge in [0, 0.05) is 6.42 Å². The molecule has 0 heterocycles. The van der Waals surface area contributed by atoms with Crippen molar-refractivity contribution in [1.82, 2.24) is 37.2 Å². The molecular formula is C40H73N9O11. The first-order chi connectivity index (χ1) is 27.7. The third kappa shape index (κ3) is 22.0. The number of carbonyl (C=O) groups is 9. The highest BCUT2D eigenvalue weighted by Gasteiger charge is 2.35. The van der Waals surface area contributed by atoms with Crippen LogP contribution in [0.4, 0.5) is 0 Å². The topological polar surface area (TPSA) is 330 Å². The molecule has 8 atom stereocenters. The van der Waals surface area contributed by atoms with E-state index in [2.05, 4.69) is 37.2 Å². The van der Waals surface area contributed by atoms with E-state index < -0.39 is 114 Å². The molecule has 13 N–H and O–H groups in total. The summed E-state index contributed by atoms with van der Waals surface area (Å²) in [6, 6.07) is -8.81. The minimum absolute atomic E-state index is 0.0652. The Hall–Kier alpha value is -4.85.